The van der Waals surface area contributed by atoms with Crippen molar-refractivity contribution in [3.63, 3.8) is 0 Å². The Morgan fingerprint density at radius 2 is 2.12 bits per heavy atom. The van der Waals surface area contributed by atoms with Gasteiger partial charge in [-0.1, -0.05) is 12.1 Å². The van der Waals surface area contributed by atoms with Gasteiger partial charge in [-0.25, -0.2) is 4.79 Å². The summed E-state index contributed by atoms with van der Waals surface area (Å²) < 4.78 is 15.4. The van der Waals surface area contributed by atoms with Crippen molar-refractivity contribution in [2.24, 2.45) is 0 Å². The maximum Gasteiger partial charge on any atom is 0.334 e. The van der Waals surface area contributed by atoms with Crippen molar-refractivity contribution in [1.29, 1.82) is 0 Å². The fraction of sp³-hybridized carbons (Fsp3) is 0.308. The van der Waals surface area contributed by atoms with Crippen LogP contribution in [0.3, 0.4) is 0 Å². The van der Waals surface area contributed by atoms with Crippen LogP contribution in [0.5, 0.6) is 11.5 Å². The zero-order chi connectivity index (χ0) is 12.3. The van der Waals surface area contributed by atoms with E-state index >= 15 is 0 Å². The van der Waals surface area contributed by atoms with Crippen LogP contribution >= 0.6 is 0 Å². The number of benzene rings is 1. The standard InChI is InChI=1S/C13H14O4/c1-15-11-5-3-4-9(12(11)16-2)8-10-6-7-17-13(10)14/h3-5,8H,6-7H2,1-2H3/b10-8-. The van der Waals surface area contributed by atoms with Gasteiger partial charge in [-0.3, -0.25) is 0 Å². The summed E-state index contributed by atoms with van der Waals surface area (Å²) in [6.07, 6.45) is 2.43. The zero-order valence-corrected chi connectivity index (χ0v) is 9.86. The fourth-order valence-electron chi connectivity index (χ4n) is 1.79. The molecule has 1 aromatic rings. The number of carbonyl (C=O) groups is 1. The highest BCUT2D eigenvalue weighted by Gasteiger charge is 2.19. The van der Waals surface area contributed by atoms with E-state index in [1.54, 1.807) is 20.3 Å². The average Bonchev–Trinajstić information content (AvgIpc) is 2.74. The molecule has 4 nitrogen and oxygen atoms in total. The first-order valence-electron chi connectivity index (χ1n) is 5.35. The van der Waals surface area contributed by atoms with Crippen LogP contribution < -0.4 is 9.47 Å². The lowest BCUT2D eigenvalue weighted by atomic mass is 10.1. The predicted octanol–water partition coefficient (Wildman–Crippen LogP) is 2.03. The molecular formula is C13H14O4. The number of hydrogen-bond acceptors (Lipinski definition) is 4. The number of carbonyl (C=O) groups excluding carboxylic acids is 1. The van der Waals surface area contributed by atoms with Crippen LogP contribution in [0, 0.1) is 0 Å². The van der Waals surface area contributed by atoms with Gasteiger partial charge in [0.25, 0.3) is 0 Å². The molecule has 1 saturated heterocycles. The third kappa shape index (κ3) is 2.25. The second-order valence-corrected chi connectivity index (χ2v) is 3.64. The normalized spacial score (nSPS) is 17.1. The van der Waals surface area contributed by atoms with Gasteiger partial charge in [-0.05, 0) is 12.1 Å². The van der Waals surface area contributed by atoms with Crippen molar-refractivity contribution in [3.05, 3.63) is 29.3 Å². The van der Waals surface area contributed by atoms with E-state index in [4.69, 9.17) is 14.2 Å². The second kappa shape index (κ2) is 4.91. The molecule has 0 unspecified atom stereocenters. The number of para-hydroxylation sites is 1. The molecule has 0 saturated carbocycles. The van der Waals surface area contributed by atoms with Gasteiger partial charge in [0, 0.05) is 17.6 Å². The Hall–Kier alpha value is -1.97. The van der Waals surface area contributed by atoms with Crippen molar-refractivity contribution in [2.45, 2.75) is 6.42 Å². The molecule has 1 aliphatic rings. The lowest BCUT2D eigenvalue weighted by molar-refractivity contribution is -0.134. The molecule has 0 radical (unpaired) electrons. The minimum absolute atomic E-state index is 0.255. The van der Waals surface area contributed by atoms with E-state index in [1.165, 1.54) is 0 Å². The molecule has 0 aliphatic carbocycles. The third-order valence-corrected chi connectivity index (χ3v) is 2.63. The summed E-state index contributed by atoms with van der Waals surface area (Å²) in [6.45, 7) is 0.455. The monoisotopic (exact) mass is 234 g/mol. The Morgan fingerprint density at radius 1 is 1.29 bits per heavy atom. The van der Waals surface area contributed by atoms with E-state index in [0.29, 0.717) is 30.1 Å². The van der Waals surface area contributed by atoms with Crippen molar-refractivity contribution in [2.75, 3.05) is 20.8 Å². The number of methoxy groups -OCH3 is 2. The van der Waals surface area contributed by atoms with E-state index in [1.807, 2.05) is 18.2 Å². The Kier molecular flexibility index (Phi) is 3.32. The van der Waals surface area contributed by atoms with Gasteiger partial charge in [0.05, 0.1) is 20.8 Å². The predicted molar refractivity (Wildman–Crippen MR) is 63.1 cm³/mol. The molecule has 0 bridgehead atoms. The van der Waals surface area contributed by atoms with Crippen LogP contribution in [-0.4, -0.2) is 26.8 Å². The Bertz CT molecular complexity index is 462. The van der Waals surface area contributed by atoms with Gasteiger partial charge in [0.1, 0.15) is 0 Å². The SMILES string of the molecule is COc1cccc(/C=C2/CCOC2=O)c1OC. The number of esters is 1. The van der Waals surface area contributed by atoms with Crippen LogP contribution in [0.4, 0.5) is 0 Å². The molecule has 1 aliphatic heterocycles. The highest BCUT2D eigenvalue weighted by molar-refractivity contribution is 5.95. The van der Waals surface area contributed by atoms with Gasteiger partial charge in [-0.15, -0.1) is 0 Å². The fourth-order valence-corrected chi connectivity index (χ4v) is 1.79. The van der Waals surface area contributed by atoms with Crippen molar-refractivity contribution in [1.82, 2.24) is 0 Å². The van der Waals surface area contributed by atoms with Gasteiger partial charge >= 0.3 is 5.97 Å². The minimum Gasteiger partial charge on any atom is -0.493 e. The number of ether oxygens (including phenoxy) is 3. The summed E-state index contributed by atoms with van der Waals surface area (Å²) in [7, 11) is 3.16. The van der Waals surface area contributed by atoms with E-state index in [-0.39, 0.29) is 5.97 Å². The lowest BCUT2D eigenvalue weighted by Gasteiger charge is -2.10. The first-order valence-corrected chi connectivity index (χ1v) is 5.35. The molecule has 90 valence electrons. The first kappa shape index (κ1) is 11.5. The van der Waals surface area contributed by atoms with Crippen LogP contribution in [0.1, 0.15) is 12.0 Å². The molecule has 0 amide bonds. The molecular weight excluding hydrogens is 220 g/mol. The van der Waals surface area contributed by atoms with Gasteiger partial charge in [0.2, 0.25) is 0 Å². The largest absolute Gasteiger partial charge is 0.493 e. The zero-order valence-electron chi connectivity index (χ0n) is 9.86. The summed E-state index contributed by atoms with van der Waals surface area (Å²) in [6, 6.07) is 5.54. The Labute approximate surface area is 99.8 Å². The molecule has 0 atom stereocenters. The van der Waals surface area contributed by atoms with Gasteiger partial charge in [0.15, 0.2) is 11.5 Å². The second-order valence-electron chi connectivity index (χ2n) is 3.64. The lowest BCUT2D eigenvalue weighted by Crippen LogP contribution is -1.96. The van der Waals surface area contributed by atoms with E-state index < -0.39 is 0 Å². The Morgan fingerprint density at radius 3 is 2.71 bits per heavy atom. The molecule has 1 heterocycles. The smallest absolute Gasteiger partial charge is 0.334 e. The van der Waals surface area contributed by atoms with E-state index in [2.05, 4.69) is 0 Å². The molecule has 0 N–H and O–H groups in total. The summed E-state index contributed by atoms with van der Waals surface area (Å²) >= 11 is 0. The number of cyclic esters (lactones) is 1. The third-order valence-electron chi connectivity index (χ3n) is 2.63. The Balaban J connectivity index is 2.41. The van der Waals surface area contributed by atoms with Gasteiger partial charge < -0.3 is 14.2 Å². The highest BCUT2D eigenvalue weighted by atomic mass is 16.5. The van der Waals surface area contributed by atoms with Crippen LogP contribution in [0.15, 0.2) is 23.8 Å². The molecule has 2 rings (SSSR count). The van der Waals surface area contributed by atoms with Crippen molar-refractivity contribution < 1.29 is 19.0 Å². The van der Waals surface area contributed by atoms with Crippen molar-refractivity contribution >= 4 is 12.0 Å². The molecule has 1 aromatic carbocycles. The molecule has 0 aromatic heterocycles. The first-order chi connectivity index (χ1) is 8.26. The summed E-state index contributed by atoms with van der Waals surface area (Å²) in [5, 5.41) is 0. The van der Waals surface area contributed by atoms with E-state index in [9.17, 15) is 4.79 Å². The average molecular weight is 234 g/mol. The molecule has 4 heteroatoms. The molecule has 17 heavy (non-hydrogen) atoms. The number of hydrogen-bond donors (Lipinski definition) is 0. The van der Waals surface area contributed by atoms with Crippen LogP contribution in [0.2, 0.25) is 0 Å². The molecule has 0 spiro atoms. The van der Waals surface area contributed by atoms with E-state index in [0.717, 1.165) is 5.56 Å². The topological polar surface area (TPSA) is 44.8 Å². The number of rotatable bonds is 3. The van der Waals surface area contributed by atoms with Crippen molar-refractivity contribution in [3.8, 4) is 11.5 Å². The van der Waals surface area contributed by atoms with Crippen LogP contribution in [-0.2, 0) is 9.53 Å². The summed E-state index contributed by atoms with van der Waals surface area (Å²) in [4.78, 5) is 11.4. The van der Waals surface area contributed by atoms with Crippen LogP contribution in [0.25, 0.3) is 6.08 Å². The summed E-state index contributed by atoms with van der Waals surface area (Å²) in [5.74, 6) is 1.02. The minimum atomic E-state index is -0.255. The maximum absolute atomic E-state index is 11.4. The highest BCUT2D eigenvalue weighted by Crippen LogP contribution is 2.33. The molecule has 1 fully saturated rings. The quantitative estimate of drug-likeness (QED) is 0.593. The summed E-state index contributed by atoms with van der Waals surface area (Å²) in [5.41, 5.74) is 1.48. The van der Waals surface area contributed by atoms with Gasteiger partial charge in [-0.2, -0.15) is 0 Å². The maximum atomic E-state index is 11.4.